The standard InChI is InChI=1S/C19H17N5O4/c20-14-5-2-6-15(21-14)22-17(26)10-3-1-4-11-12(10)9-24(19(11)28)13-7-8-16(25)23-18(13)27/h1-6,13H,7-9H2,(H,23,25,27)(H3,20,21,22,26). The monoisotopic (exact) mass is 379 g/mol. The maximum absolute atomic E-state index is 12.8. The van der Waals surface area contributed by atoms with E-state index in [0.717, 1.165) is 0 Å². The van der Waals surface area contributed by atoms with E-state index in [1.54, 1.807) is 36.4 Å². The minimum absolute atomic E-state index is 0.119. The summed E-state index contributed by atoms with van der Waals surface area (Å²) < 4.78 is 0. The molecule has 0 radical (unpaired) electrons. The zero-order chi connectivity index (χ0) is 19.8. The van der Waals surface area contributed by atoms with Crippen LogP contribution in [0.1, 0.15) is 39.1 Å². The zero-order valence-electron chi connectivity index (χ0n) is 14.8. The number of pyridine rings is 1. The number of piperidine rings is 1. The molecule has 0 saturated carbocycles. The largest absolute Gasteiger partial charge is 0.384 e. The van der Waals surface area contributed by atoms with Gasteiger partial charge in [-0.25, -0.2) is 4.98 Å². The molecule has 1 saturated heterocycles. The third kappa shape index (κ3) is 3.07. The van der Waals surface area contributed by atoms with Crippen molar-refractivity contribution in [3.63, 3.8) is 0 Å². The number of aromatic nitrogens is 1. The number of fused-ring (bicyclic) bond motifs is 1. The molecule has 2 aliphatic heterocycles. The van der Waals surface area contributed by atoms with Gasteiger partial charge in [-0.1, -0.05) is 12.1 Å². The number of benzene rings is 1. The van der Waals surface area contributed by atoms with Crippen LogP contribution in [-0.4, -0.2) is 39.6 Å². The Morgan fingerprint density at radius 1 is 1.18 bits per heavy atom. The molecule has 2 aromatic rings. The summed E-state index contributed by atoms with van der Waals surface area (Å²) in [5, 5.41) is 4.93. The van der Waals surface area contributed by atoms with Crippen molar-refractivity contribution in [1.82, 2.24) is 15.2 Å². The Hall–Kier alpha value is -3.75. The molecular weight excluding hydrogens is 362 g/mol. The van der Waals surface area contributed by atoms with E-state index in [1.165, 1.54) is 4.90 Å². The fourth-order valence-electron chi connectivity index (χ4n) is 3.50. The van der Waals surface area contributed by atoms with Gasteiger partial charge in [-0.05, 0) is 36.2 Å². The number of hydrogen-bond acceptors (Lipinski definition) is 6. The minimum atomic E-state index is -0.732. The van der Waals surface area contributed by atoms with Gasteiger partial charge < -0.3 is 16.0 Å². The molecule has 1 unspecified atom stereocenters. The highest BCUT2D eigenvalue weighted by molar-refractivity contribution is 6.10. The fraction of sp³-hybridized carbons (Fsp3) is 0.211. The number of carbonyl (C=O) groups is 4. The Kier molecular flexibility index (Phi) is 4.26. The lowest BCUT2D eigenvalue weighted by Crippen LogP contribution is -2.52. The number of carbonyl (C=O) groups excluding carboxylic acids is 4. The van der Waals surface area contributed by atoms with Gasteiger partial charge in [0.15, 0.2) is 0 Å². The molecule has 28 heavy (non-hydrogen) atoms. The van der Waals surface area contributed by atoms with Crippen LogP contribution in [0.4, 0.5) is 11.6 Å². The Morgan fingerprint density at radius 3 is 2.71 bits per heavy atom. The molecule has 0 aliphatic carbocycles. The van der Waals surface area contributed by atoms with Crippen LogP contribution in [0.3, 0.4) is 0 Å². The fourth-order valence-corrected chi connectivity index (χ4v) is 3.50. The summed E-state index contributed by atoms with van der Waals surface area (Å²) in [7, 11) is 0. The number of nitrogens with zero attached hydrogens (tertiary/aromatic N) is 2. The molecule has 4 rings (SSSR count). The molecule has 1 aromatic carbocycles. The topological polar surface area (TPSA) is 134 Å². The molecule has 9 nitrogen and oxygen atoms in total. The number of anilines is 2. The number of nitrogens with one attached hydrogen (secondary N) is 2. The smallest absolute Gasteiger partial charge is 0.257 e. The van der Waals surface area contributed by atoms with Crippen molar-refractivity contribution in [2.24, 2.45) is 0 Å². The Morgan fingerprint density at radius 2 is 1.96 bits per heavy atom. The molecule has 1 fully saturated rings. The molecule has 0 bridgehead atoms. The van der Waals surface area contributed by atoms with E-state index in [2.05, 4.69) is 15.6 Å². The highest BCUT2D eigenvalue weighted by Crippen LogP contribution is 2.30. The molecule has 142 valence electrons. The molecule has 1 atom stereocenters. The number of hydrogen-bond donors (Lipinski definition) is 3. The quantitative estimate of drug-likeness (QED) is 0.671. The van der Waals surface area contributed by atoms with Crippen LogP contribution in [0.5, 0.6) is 0 Å². The molecule has 2 aliphatic rings. The van der Waals surface area contributed by atoms with E-state index in [4.69, 9.17) is 5.73 Å². The second kappa shape index (κ2) is 6.76. The summed E-state index contributed by atoms with van der Waals surface area (Å²) in [5.41, 5.74) is 6.87. The lowest BCUT2D eigenvalue weighted by Gasteiger charge is -2.29. The van der Waals surface area contributed by atoms with Crippen LogP contribution in [-0.2, 0) is 16.1 Å². The second-order valence-corrected chi connectivity index (χ2v) is 6.63. The van der Waals surface area contributed by atoms with Gasteiger partial charge in [-0.3, -0.25) is 24.5 Å². The van der Waals surface area contributed by atoms with Crippen molar-refractivity contribution in [2.75, 3.05) is 11.1 Å². The van der Waals surface area contributed by atoms with Crippen LogP contribution in [0.15, 0.2) is 36.4 Å². The summed E-state index contributed by atoms with van der Waals surface area (Å²) in [6.45, 7) is 0.119. The Balaban J connectivity index is 1.60. The molecule has 0 spiro atoms. The Bertz CT molecular complexity index is 1020. The van der Waals surface area contributed by atoms with Crippen molar-refractivity contribution in [3.05, 3.63) is 53.1 Å². The van der Waals surface area contributed by atoms with E-state index in [0.29, 0.717) is 22.5 Å². The van der Waals surface area contributed by atoms with E-state index in [9.17, 15) is 19.2 Å². The maximum Gasteiger partial charge on any atom is 0.257 e. The predicted octanol–water partition coefficient (Wildman–Crippen LogP) is 0.677. The van der Waals surface area contributed by atoms with Gasteiger partial charge in [0.2, 0.25) is 11.8 Å². The first-order valence-electron chi connectivity index (χ1n) is 8.74. The van der Waals surface area contributed by atoms with Gasteiger partial charge in [-0.2, -0.15) is 0 Å². The number of imide groups is 1. The van der Waals surface area contributed by atoms with Crippen molar-refractivity contribution >= 4 is 35.3 Å². The van der Waals surface area contributed by atoms with E-state index in [1.807, 2.05) is 0 Å². The normalized spacial score (nSPS) is 18.6. The van der Waals surface area contributed by atoms with E-state index < -0.39 is 17.9 Å². The van der Waals surface area contributed by atoms with Crippen LogP contribution in [0.2, 0.25) is 0 Å². The van der Waals surface area contributed by atoms with Gasteiger partial charge >= 0.3 is 0 Å². The molecule has 1 aromatic heterocycles. The van der Waals surface area contributed by atoms with Crippen LogP contribution in [0, 0.1) is 0 Å². The number of nitrogens with two attached hydrogens (primary N) is 1. The number of nitrogen functional groups attached to an aromatic ring is 1. The van der Waals surface area contributed by atoms with Gasteiger partial charge in [0.05, 0.1) is 0 Å². The summed E-state index contributed by atoms with van der Waals surface area (Å²) in [6.07, 6.45) is 0.435. The molecule has 3 heterocycles. The van der Waals surface area contributed by atoms with E-state index >= 15 is 0 Å². The van der Waals surface area contributed by atoms with Crippen molar-refractivity contribution in [3.8, 4) is 0 Å². The predicted molar refractivity (Wildman–Crippen MR) is 99.1 cm³/mol. The third-order valence-corrected chi connectivity index (χ3v) is 4.84. The first-order chi connectivity index (χ1) is 13.4. The summed E-state index contributed by atoms with van der Waals surface area (Å²) in [4.78, 5) is 54.5. The first-order valence-corrected chi connectivity index (χ1v) is 8.74. The van der Waals surface area contributed by atoms with Gasteiger partial charge in [0.25, 0.3) is 11.8 Å². The van der Waals surface area contributed by atoms with Gasteiger partial charge in [0.1, 0.15) is 17.7 Å². The first kappa shape index (κ1) is 17.7. The molecular formula is C19H17N5O4. The molecule has 4 amide bonds. The average molecular weight is 379 g/mol. The van der Waals surface area contributed by atoms with Crippen molar-refractivity contribution in [2.45, 2.75) is 25.4 Å². The highest BCUT2D eigenvalue weighted by Gasteiger charge is 2.40. The highest BCUT2D eigenvalue weighted by atomic mass is 16.2. The van der Waals surface area contributed by atoms with Gasteiger partial charge in [0, 0.05) is 24.1 Å². The van der Waals surface area contributed by atoms with Crippen LogP contribution < -0.4 is 16.4 Å². The molecule has 4 N–H and O–H groups in total. The van der Waals surface area contributed by atoms with Crippen LogP contribution in [0.25, 0.3) is 0 Å². The second-order valence-electron chi connectivity index (χ2n) is 6.63. The zero-order valence-corrected chi connectivity index (χ0v) is 14.8. The van der Waals surface area contributed by atoms with Crippen molar-refractivity contribution in [1.29, 1.82) is 0 Å². The minimum Gasteiger partial charge on any atom is -0.384 e. The lowest BCUT2D eigenvalue weighted by molar-refractivity contribution is -0.136. The van der Waals surface area contributed by atoms with Gasteiger partial charge in [-0.15, -0.1) is 0 Å². The maximum atomic E-state index is 12.8. The van der Waals surface area contributed by atoms with E-state index in [-0.39, 0.29) is 37.0 Å². The number of rotatable bonds is 3. The van der Waals surface area contributed by atoms with Crippen molar-refractivity contribution < 1.29 is 19.2 Å². The summed E-state index contributed by atoms with van der Waals surface area (Å²) >= 11 is 0. The lowest BCUT2D eigenvalue weighted by atomic mass is 10.0. The van der Waals surface area contributed by atoms with Crippen LogP contribution >= 0.6 is 0 Å². The third-order valence-electron chi connectivity index (χ3n) is 4.84. The summed E-state index contributed by atoms with van der Waals surface area (Å²) in [6, 6.07) is 9.00. The average Bonchev–Trinajstić information content (AvgIpc) is 2.98. The summed E-state index contributed by atoms with van der Waals surface area (Å²) in [5.74, 6) is -1.02. The number of amides is 4. The Labute approximate surface area is 159 Å². The molecule has 9 heteroatoms. The SMILES string of the molecule is Nc1cccc(NC(=O)c2cccc3c2CN(C2CCC(=O)NC2=O)C3=O)n1.